The molecule has 2 fully saturated rings. The monoisotopic (exact) mass is 153 g/mol. The molecule has 2 heteroatoms. The Morgan fingerprint density at radius 1 is 1.55 bits per heavy atom. The van der Waals surface area contributed by atoms with E-state index < -0.39 is 0 Å². The lowest BCUT2D eigenvalue weighted by Crippen LogP contribution is -2.55. The minimum atomic E-state index is 0.149. The van der Waals surface area contributed by atoms with Crippen LogP contribution < -0.4 is 5.32 Å². The molecule has 0 bridgehead atoms. The van der Waals surface area contributed by atoms with Gasteiger partial charge in [-0.15, -0.1) is 0 Å². The highest BCUT2D eigenvalue weighted by molar-refractivity contribution is 5.83. The minimum Gasteiger partial charge on any atom is -0.350 e. The van der Waals surface area contributed by atoms with Gasteiger partial charge in [-0.1, -0.05) is 13.8 Å². The van der Waals surface area contributed by atoms with Crippen LogP contribution in [0.3, 0.4) is 0 Å². The molecule has 62 valence electrons. The summed E-state index contributed by atoms with van der Waals surface area (Å²) in [5, 5.41) is 3.07. The van der Waals surface area contributed by atoms with Crippen LogP contribution in [0.4, 0.5) is 0 Å². The van der Waals surface area contributed by atoms with Crippen molar-refractivity contribution in [2.45, 2.75) is 32.7 Å². The van der Waals surface area contributed by atoms with E-state index in [1.807, 2.05) is 6.92 Å². The Bertz CT molecular complexity index is 214. The number of hydrogen-bond acceptors (Lipinski definition) is 1. The molecule has 1 amide bonds. The number of fused-ring (bicyclic) bond motifs is 1. The molecular formula is C9H15NO. The lowest BCUT2D eigenvalue weighted by atomic mass is 9.59. The first-order valence-electron chi connectivity index (χ1n) is 4.36. The maximum Gasteiger partial charge on any atom is 0.223 e. The molecule has 1 saturated carbocycles. The Labute approximate surface area is 67.4 Å². The Morgan fingerprint density at radius 3 is 2.55 bits per heavy atom. The molecule has 2 rings (SSSR count). The van der Waals surface area contributed by atoms with Gasteiger partial charge in [-0.05, 0) is 25.2 Å². The molecule has 1 heterocycles. The van der Waals surface area contributed by atoms with Gasteiger partial charge in [0, 0.05) is 11.5 Å². The second kappa shape index (κ2) is 1.79. The molecule has 0 aromatic rings. The van der Waals surface area contributed by atoms with Gasteiger partial charge in [-0.25, -0.2) is 0 Å². The van der Waals surface area contributed by atoms with E-state index in [0.717, 1.165) is 12.3 Å². The van der Waals surface area contributed by atoms with E-state index in [4.69, 9.17) is 0 Å². The van der Waals surface area contributed by atoms with E-state index >= 15 is 0 Å². The van der Waals surface area contributed by atoms with Crippen LogP contribution in [-0.2, 0) is 4.79 Å². The average Bonchev–Trinajstić information content (AvgIpc) is 2.00. The number of carbonyl (C=O) groups is 1. The summed E-state index contributed by atoms with van der Waals surface area (Å²) >= 11 is 0. The lowest BCUT2D eigenvalue weighted by molar-refractivity contribution is -0.122. The third-order valence-corrected chi connectivity index (χ3v) is 3.46. The Hall–Kier alpha value is -0.530. The van der Waals surface area contributed by atoms with Crippen molar-refractivity contribution in [3.05, 3.63) is 0 Å². The van der Waals surface area contributed by atoms with Gasteiger partial charge in [0.05, 0.1) is 0 Å². The molecule has 4 atom stereocenters. The van der Waals surface area contributed by atoms with Crippen molar-refractivity contribution in [3.8, 4) is 0 Å². The Balaban J connectivity index is 2.25. The van der Waals surface area contributed by atoms with Gasteiger partial charge < -0.3 is 5.32 Å². The molecule has 11 heavy (non-hydrogen) atoms. The normalized spacial score (nSPS) is 54.8. The van der Waals surface area contributed by atoms with Gasteiger partial charge in [0.2, 0.25) is 5.91 Å². The summed E-state index contributed by atoms with van der Waals surface area (Å²) < 4.78 is 0. The van der Waals surface area contributed by atoms with Crippen LogP contribution >= 0.6 is 0 Å². The lowest BCUT2D eigenvalue weighted by Gasteiger charge is -2.48. The average molecular weight is 153 g/mol. The molecule has 1 N–H and O–H groups in total. The molecule has 0 aromatic heterocycles. The highest BCUT2D eigenvalue weighted by Crippen LogP contribution is 2.51. The Kier molecular flexibility index (Phi) is 1.16. The van der Waals surface area contributed by atoms with Gasteiger partial charge in [-0.2, -0.15) is 0 Å². The van der Waals surface area contributed by atoms with Gasteiger partial charge in [-0.3, -0.25) is 4.79 Å². The summed E-state index contributed by atoms with van der Waals surface area (Å²) in [6.07, 6.45) is 1.16. The zero-order chi connectivity index (χ0) is 8.22. The Morgan fingerprint density at radius 2 is 2.18 bits per heavy atom. The predicted octanol–water partition coefficient (Wildman–Crippen LogP) is 1.17. The van der Waals surface area contributed by atoms with Crippen LogP contribution in [0.5, 0.6) is 0 Å². The number of carbonyl (C=O) groups excluding carboxylic acids is 1. The molecule has 2 aliphatic rings. The van der Waals surface area contributed by atoms with Crippen molar-refractivity contribution in [1.82, 2.24) is 5.32 Å². The standard InChI is InChI=1S/C9H15NO/c1-5-4-9(3)7(5)6(2)8(11)10-9/h5-7H,4H2,1-3H3,(H,10,11). The fourth-order valence-electron chi connectivity index (χ4n) is 3.14. The maximum absolute atomic E-state index is 11.3. The van der Waals surface area contributed by atoms with Gasteiger partial charge >= 0.3 is 0 Å². The molecule has 2 nitrogen and oxygen atoms in total. The van der Waals surface area contributed by atoms with E-state index in [9.17, 15) is 4.79 Å². The SMILES string of the molecule is CC1CC2(C)NC(=O)C(C)C12. The smallest absolute Gasteiger partial charge is 0.223 e. The molecular weight excluding hydrogens is 138 g/mol. The number of nitrogens with one attached hydrogen (secondary N) is 1. The molecule has 4 unspecified atom stereocenters. The van der Waals surface area contributed by atoms with Gasteiger partial charge in [0.25, 0.3) is 0 Å². The molecule has 1 saturated heterocycles. The first kappa shape index (κ1) is 7.14. The van der Waals surface area contributed by atoms with Crippen molar-refractivity contribution in [2.75, 3.05) is 0 Å². The van der Waals surface area contributed by atoms with Crippen molar-refractivity contribution < 1.29 is 4.79 Å². The third-order valence-electron chi connectivity index (χ3n) is 3.46. The predicted molar refractivity (Wildman–Crippen MR) is 43.0 cm³/mol. The van der Waals surface area contributed by atoms with Crippen LogP contribution in [0.25, 0.3) is 0 Å². The van der Waals surface area contributed by atoms with Crippen LogP contribution in [-0.4, -0.2) is 11.4 Å². The fourth-order valence-corrected chi connectivity index (χ4v) is 3.14. The summed E-state index contributed by atoms with van der Waals surface area (Å²) in [6, 6.07) is 0. The number of rotatable bonds is 0. The van der Waals surface area contributed by atoms with Crippen molar-refractivity contribution in [3.63, 3.8) is 0 Å². The largest absolute Gasteiger partial charge is 0.350 e. The van der Waals surface area contributed by atoms with E-state index in [1.165, 1.54) is 0 Å². The van der Waals surface area contributed by atoms with Crippen molar-refractivity contribution in [2.24, 2.45) is 17.8 Å². The zero-order valence-electron chi connectivity index (χ0n) is 7.35. The number of amides is 1. The van der Waals surface area contributed by atoms with Gasteiger partial charge in [0.15, 0.2) is 0 Å². The van der Waals surface area contributed by atoms with E-state index in [1.54, 1.807) is 0 Å². The van der Waals surface area contributed by atoms with E-state index in [2.05, 4.69) is 19.2 Å². The zero-order valence-corrected chi connectivity index (χ0v) is 7.35. The second-order valence-corrected chi connectivity index (χ2v) is 4.40. The van der Waals surface area contributed by atoms with Gasteiger partial charge in [0.1, 0.15) is 0 Å². The minimum absolute atomic E-state index is 0.149. The van der Waals surface area contributed by atoms with E-state index in [-0.39, 0.29) is 17.4 Å². The summed E-state index contributed by atoms with van der Waals surface area (Å²) in [7, 11) is 0. The fraction of sp³-hybridized carbons (Fsp3) is 0.889. The molecule has 0 aromatic carbocycles. The molecule has 0 radical (unpaired) electrons. The van der Waals surface area contributed by atoms with Crippen molar-refractivity contribution in [1.29, 1.82) is 0 Å². The highest BCUT2D eigenvalue weighted by atomic mass is 16.2. The quantitative estimate of drug-likeness (QED) is 0.556. The first-order valence-corrected chi connectivity index (χ1v) is 4.36. The maximum atomic E-state index is 11.3. The second-order valence-electron chi connectivity index (χ2n) is 4.40. The van der Waals surface area contributed by atoms with Crippen LogP contribution in [0.1, 0.15) is 27.2 Å². The van der Waals surface area contributed by atoms with Crippen LogP contribution in [0, 0.1) is 17.8 Å². The summed E-state index contributed by atoms with van der Waals surface area (Å²) in [4.78, 5) is 11.3. The van der Waals surface area contributed by atoms with Crippen LogP contribution in [0.2, 0.25) is 0 Å². The molecule has 0 spiro atoms. The summed E-state index contributed by atoms with van der Waals surface area (Å²) in [5.41, 5.74) is 0.149. The van der Waals surface area contributed by atoms with Crippen LogP contribution in [0.15, 0.2) is 0 Å². The summed E-state index contributed by atoms with van der Waals surface area (Å²) in [6.45, 7) is 6.45. The van der Waals surface area contributed by atoms with Crippen molar-refractivity contribution >= 4 is 5.91 Å². The molecule has 1 aliphatic carbocycles. The summed E-state index contributed by atoms with van der Waals surface area (Å²) in [5.74, 6) is 1.81. The topological polar surface area (TPSA) is 29.1 Å². The first-order chi connectivity index (χ1) is 5.04. The third kappa shape index (κ3) is 0.700. The number of hydrogen-bond donors (Lipinski definition) is 1. The molecule has 1 aliphatic heterocycles. The highest BCUT2D eigenvalue weighted by Gasteiger charge is 2.58. The van der Waals surface area contributed by atoms with E-state index in [0.29, 0.717) is 5.92 Å².